The van der Waals surface area contributed by atoms with Crippen LogP contribution in [0.2, 0.25) is 5.02 Å². The van der Waals surface area contributed by atoms with E-state index < -0.39 is 0 Å². The van der Waals surface area contributed by atoms with E-state index in [-0.39, 0.29) is 0 Å². The molecule has 100 valence electrons. The summed E-state index contributed by atoms with van der Waals surface area (Å²) in [6, 6.07) is 7.68. The molecule has 1 saturated heterocycles. The monoisotopic (exact) mass is 267 g/mol. The standard InChI is InChI=1S/C15H22ClNO/c1-11(2)9-15(12-7-8-17-10-12)18-14-5-3-13(16)4-6-14/h3-6,11-12,15,17H,7-10H2,1-2H3. The van der Waals surface area contributed by atoms with Crippen molar-refractivity contribution in [2.75, 3.05) is 13.1 Å². The van der Waals surface area contributed by atoms with Crippen molar-refractivity contribution >= 4 is 11.6 Å². The smallest absolute Gasteiger partial charge is 0.119 e. The molecule has 1 aromatic rings. The molecule has 0 saturated carbocycles. The third-order valence-corrected chi connectivity index (χ3v) is 3.68. The van der Waals surface area contributed by atoms with Gasteiger partial charge in [0.1, 0.15) is 11.9 Å². The quantitative estimate of drug-likeness (QED) is 0.877. The first kappa shape index (κ1) is 13.7. The van der Waals surface area contributed by atoms with Crippen LogP contribution in [0.4, 0.5) is 0 Å². The summed E-state index contributed by atoms with van der Waals surface area (Å²) >= 11 is 5.89. The van der Waals surface area contributed by atoms with Gasteiger partial charge in [-0.2, -0.15) is 0 Å². The zero-order chi connectivity index (χ0) is 13.0. The maximum atomic E-state index is 6.17. The van der Waals surface area contributed by atoms with E-state index in [4.69, 9.17) is 16.3 Å². The number of benzene rings is 1. The predicted molar refractivity (Wildman–Crippen MR) is 76.3 cm³/mol. The van der Waals surface area contributed by atoms with Crippen LogP contribution in [0.15, 0.2) is 24.3 Å². The van der Waals surface area contributed by atoms with Gasteiger partial charge in [0.15, 0.2) is 0 Å². The Bertz CT molecular complexity index is 357. The zero-order valence-corrected chi connectivity index (χ0v) is 11.9. The Labute approximate surface area is 115 Å². The molecule has 18 heavy (non-hydrogen) atoms. The van der Waals surface area contributed by atoms with E-state index in [1.54, 1.807) is 0 Å². The molecule has 0 aliphatic carbocycles. The van der Waals surface area contributed by atoms with E-state index in [9.17, 15) is 0 Å². The van der Waals surface area contributed by atoms with Crippen molar-refractivity contribution in [3.05, 3.63) is 29.3 Å². The van der Waals surface area contributed by atoms with Crippen LogP contribution in [-0.2, 0) is 0 Å². The molecule has 0 spiro atoms. The molecule has 0 aromatic heterocycles. The summed E-state index contributed by atoms with van der Waals surface area (Å²) in [7, 11) is 0. The highest BCUT2D eigenvalue weighted by Gasteiger charge is 2.27. The molecule has 2 atom stereocenters. The van der Waals surface area contributed by atoms with Crippen LogP contribution in [0.3, 0.4) is 0 Å². The highest BCUT2D eigenvalue weighted by Crippen LogP contribution is 2.25. The van der Waals surface area contributed by atoms with Crippen molar-refractivity contribution in [3.8, 4) is 5.75 Å². The Morgan fingerprint density at radius 2 is 2.06 bits per heavy atom. The highest BCUT2D eigenvalue weighted by atomic mass is 35.5. The molecule has 1 aliphatic rings. The van der Waals surface area contributed by atoms with E-state index >= 15 is 0 Å². The van der Waals surface area contributed by atoms with Gasteiger partial charge in [-0.3, -0.25) is 0 Å². The first-order chi connectivity index (χ1) is 8.65. The fourth-order valence-electron chi connectivity index (χ4n) is 2.48. The van der Waals surface area contributed by atoms with Crippen molar-refractivity contribution in [1.29, 1.82) is 0 Å². The first-order valence-electron chi connectivity index (χ1n) is 6.78. The van der Waals surface area contributed by atoms with E-state index in [1.807, 2.05) is 24.3 Å². The molecule has 0 bridgehead atoms. The molecular formula is C15H22ClNO. The molecule has 2 rings (SSSR count). The number of halogens is 1. The average Bonchev–Trinajstić information content (AvgIpc) is 2.84. The third kappa shape index (κ3) is 3.89. The lowest BCUT2D eigenvalue weighted by molar-refractivity contribution is 0.119. The fourth-order valence-corrected chi connectivity index (χ4v) is 2.61. The van der Waals surface area contributed by atoms with Gasteiger partial charge in [0.25, 0.3) is 0 Å². The largest absolute Gasteiger partial charge is 0.490 e. The molecule has 1 aliphatic heterocycles. The third-order valence-electron chi connectivity index (χ3n) is 3.43. The van der Waals surface area contributed by atoms with Gasteiger partial charge in [0.05, 0.1) is 0 Å². The van der Waals surface area contributed by atoms with E-state index in [2.05, 4.69) is 19.2 Å². The summed E-state index contributed by atoms with van der Waals surface area (Å²) in [5.74, 6) is 2.21. The molecule has 1 heterocycles. The minimum atomic E-state index is 0.307. The second-order valence-corrected chi connectivity index (χ2v) is 5.93. The van der Waals surface area contributed by atoms with Crippen molar-refractivity contribution in [1.82, 2.24) is 5.32 Å². The summed E-state index contributed by atoms with van der Waals surface area (Å²) in [5.41, 5.74) is 0. The summed E-state index contributed by atoms with van der Waals surface area (Å²) in [4.78, 5) is 0. The second kappa shape index (κ2) is 6.44. The Morgan fingerprint density at radius 3 is 2.61 bits per heavy atom. The minimum absolute atomic E-state index is 0.307. The second-order valence-electron chi connectivity index (χ2n) is 5.49. The van der Waals surface area contributed by atoms with Crippen LogP contribution in [0.1, 0.15) is 26.7 Å². The van der Waals surface area contributed by atoms with Gasteiger partial charge in [-0.05, 0) is 49.6 Å². The molecule has 2 unspecified atom stereocenters. The van der Waals surface area contributed by atoms with Gasteiger partial charge >= 0.3 is 0 Å². The molecule has 3 heteroatoms. The normalized spacial score (nSPS) is 21.2. The number of hydrogen-bond acceptors (Lipinski definition) is 2. The minimum Gasteiger partial charge on any atom is -0.490 e. The lowest BCUT2D eigenvalue weighted by Gasteiger charge is -2.26. The van der Waals surface area contributed by atoms with Crippen LogP contribution in [0, 0.1) is 11.8 Å². The Kier molecular flexibility index (Phi) is 4.90. The van der Waals surface area contributed by atoms with Gasteiger partial charge in [0, 0.05) is 17.5 Å². The number of nitrogens with one attached hydrogen (secondary N) is 1. The SMILES string of the molecule is CC(C)CC(Oc1ccc(Cl)cc1)C1CCNC1. The lowest BCUT2D eigenvalue weighted by atomic mass is 9.93. The zero-order valence-electron chi connectivity index (χ0n) is 11.2. The highest BCUT2D eigenvalue weighted by molar-refractivity contribution is 6.30. The molecule has 0 radical (unpaired) electrons. The number of hydrogen-bond donors (Lipinski definition) is 1. The van der Waals surface area contributed by atoms with Gasteiger partial charge in [-0.15, -0.1) is 0 Å². The lowest BCUT2D eigenvalue weighted by Crippen LogP contribution is -2.30. The topological polar surface area (TPSA) is 21.3 Å². The molecule has 0 amide bonds. The van der Waals surface area contributed by atoms with E-state index in [0.717, 1.165) is 30.3 Å². The van der Waals surface area contributed by atoms with Crippen molar-refractivity contribution in [2.45, 2.75) is 32.8 Å². The first-order valence-corrected chi connectivity index (χ1v) is 7.16. The number of rotatable bonds is 5. The van der Waals surface area contributed by atoms with Gasteiger partial charge in [-0.25, -0.2) is 0 Å². The van der Waals surface area contributed by atoms with Crippen LogP contribution >= 0.6 is 11.6 Å². The maximum absolute atomic E-state index is 6.17. The molecule has 2 nitrogen and oxygen atoms in total. The summed E-state index contributed by atoms with van der Waals surface area (Å²) in [6.45, 7) is 6.69. The van der Waals surface area contributed by atoms with E-state index in [0.29, 0.717) is 17.9 Å². The van der Waals surface area contributed by atoms with Crippen LogP contribution in [-0.4, -0.2) is 19.2 Å². The summed E-state index contributed by atoms with van der Waals surface area (Å²) in [6.07, 6.45) is 2.63. The van der Waals surface area contributed by atoms with Gasteiger partial charge in [0.2, 0.25) is 0 Å². The van der Waals surface area contributed by atoms with Crippen molar-refractivity contribution in [3.63, 3.8) is 0 Å². The fraction of sp³-hybridized carbons (Fsp3) is 0.600. The maximum Gasteiger partial charge on any atom is 0.119 e. The van der Waals surface area contributed by atoms with Crippen LogP contribution < -0.4 is 10.1 Å². The van der Waals surface area contributed by atoms with Crippen LogP contribution in [0.25, 0.3) is 0 Å². The van der Waals surface area contributed by atoms with Crippen molar-refractivity contribution in [2.24, 2.45) is 11.8 Å². The Morgan fingerprint density at radius 1 is 1.33 bits per heavy atom. The van der Waals surface area contributed by atoms with Gasteiger partial charge in [-0.1, -0.05) is 25.4 Å². The van der Waals surface area contributed by atoms with E-state index in [1.165, 1.54) is 6.42 Å². The van der Waals surface area contributed by atoms with Crippen LogP contribution in [0.5, 0.6) is 5.75 Å². The predicted octanol–water partition coefficient (Wildman–Crippen LogP) is 3.74. The molecule has 1 aromatic carbocycles. The number of ether oxygens (including phenoxy) is 1. The van der Waals surface area contributed by atoms with Crippen molar-refractivity contribution < 1.29 is 4.74 Å². The molecule has 1 N–H and O–H groups in total. The van der Waals surface area contributed by atoms with Gasteiger partial charge < -0.3 is 10.1 Å². The molecular weight excluding hydrogens is 246 g/mol. The summed E-state index contributed by atoms with van der Waals surface area (Å²) in [5, 5.41) is 4.17. The molecule has 1 fully saturated rings. The Balaban J connectivity index is 2.01. The Hall–Kier alpha value is -0.730. The summed E-state index contributed by atoms with van der Waals surface area (Å²) < 4.78 is 6.17. The average molecular weight is 268 g/mol.